The van der Waals surface area contributed by atoms with E-state index in [1.807, 2.05) is 19.2 Å². The fourth-order valence-corrected chi connectivity index (χ4v) is 2.46. The van der Waals surface area contributed by atoms with E-state index in [1.54, 1.807) is 0 Å². The number of ether oxygens (including phenoxy) is 2. The highest BCUT2D eigenvalue weighted by Gasteiger charge is 2.16. The summed E-state index contributed by atoms with van der Waals surface area (Å²) in [4.78, 5) is 2.28. The Morgan fingerprint density at radius 2 is 2.11 bits per heavy atom. The van der Waals surface area contributed by atoms with Crippen molar-refractivity contribution in [3.63, 3.8) is 0 Å². The summed E-state index contributed by atoms with van der Waals surface area (Å²) < 4.78 is 11.1. The number of nitrogens with one attached hydrogen (secondary N) is 1. The average Bonchev–Trinajstić information content (AvgIpc) is 2.39. The Morgan fingerprint density at radius 1 is 1.32 bits per heavy atom. The zero-order chi connectivity index (χ0) is 13.7. The lowest BCUT2D eigenvalue weighted by Crippen LogP contribution is -2.22. The van der Waals surface area contributed by atoms with Gasteiger partial charge in [-0.25, -0.2) is 0 Å². The maximum Gasteiger partial charge on any atom is 0.179 e. The third-order valence-corrected chi connectivity index (χ3v) is 3.36. The smallest absolute Gasteiger partial charge is 0.179 e. The van der Waals surface area contributed by atoms with Crippen LogP contribution in [0.1, 0.15) is 12.0 Å². The van der Waals surface area contributed by atoms with Crippen molar-refractivity contribution in [2.24, 2.45) is 0 Å². The average molecular weight is 285 g/mol. The predicted molar refractivity (Wildman–Crippen MR) is 77.3 cm³/mol. The summed E-state index contributed by atoms with van der Waals surface area (Å²) in [6.07, 6.45) is 1.13. The molecule has 0 bridgehead atoms. The molecule has 0 radical (unpaired) electrons. The topological polar surface area (TPSA) is 33.7 Å². The van der Waals surface area contributed by atoms with E-state index >= 15 is 0 Å². The summed E-state index contributed by atoms with van der Waals surface area (Å²) in [6, 6.07) is 3.98. The molecule has 0 aromatic heterocycles. The van der Waals surface area contributed by atoms with Crippen LogP contribution in [0.4, 0.5) is 0 Å². The second-order valence-electron chi connectivity index (χ2n) is 4.80. The molecule has 4 nitrogen and oxygen atoms in total. The lowest BCUT2D eigenvalue weighted by Gasteiger charge is -2.22. The maximum absolute atomic E-state index is 6.22. The summed E-state index contributed by atoms with van der Waals surface area (Å²) in [5.41, 5.74) is 1.15. The summed E-state index contributed by atoms with van der Waals surface area (Å²) in [7, 11) is 4.08. The number of hydrogen-bond acceptors (Lipinski definition) is 4. The van der Waals surface area contributed by atoms with Gasteiger partial charge in [0, 0.05) is 6.54 Å². The first-order valence-electron chi connectivity index (χ1n) is 6.62. The summed E-state index contributed by atoms with van der Waals surface area (Å²) >= 11 is 6.22. The van der Waals surface area contributed by atoms with Gasteiger partial charge in [0.1, 0.15) is 13.2 Å². The summed E-state index contributed by atoms with van der Waals surface area (Å²) in [5.74, 6) is 1.44. The fourth-order valence-electron chi connectivity index (χ4n) is 2.17. The molecule has 0 saturated heterocycles. The highest BCUT2D eigenvalue weighted by atomic mass is 35.5. The summed E-state index contributed by atoms with van der Waals surface area (Å²) in [5, 5.41) is 3.79. The van der Waals surface area contributed by atoms with E-state index in [0.29, 0.717) is 24.0 Å². The van der Waals surface area contributed by atoms with Gasteiger partial charge in [-0.3, -0.25) is 0 Å². The molecule has 0 atom stereocenters. The van der Waals surface area contributed by atoms with E-state index in [0.717, 1.165) is 37.4 Å². The van der Waals surface area contributed by atoms with Gasteiger partial charge in [-0.2, -0.15) is 0 Å². The van der Waals surface area contributed by atoms with Crippen molar-refractivity contribution in [3.05, 3.63) is 22.7 Å². The van der Waals surface area contributed by atoms with E-state index < -0.39 is 0 Å². The molecular weight excluding hydrogens is 264 g/mol. The molecule has 2 rings (SSSR count). The van der Waals surface area contributed by atoms with E-state index in [4.69, 9.17) is 21.1 Å². The maximum atomic E-state index is 6.22. The van der Waals surface area contributed by atoms with Crippen molar-refractivity contribution in [1.29, 1.82) is 0 Å². The third kappa shape index (κ3) is 4.00. The molecule has 0 spiro atoms. The second kappa shape index (κ2) is 6.98. The fraction of sp³-hybridized carbons (Fsp3) is 0.571. The van der Waals surface area contributed by atoms with E-state index in [2.05, 4.69) is 17.3 Å². The molecule has 1 aromatic rings. The number of hydrogen-bond donors (Lipinski definition) is 1. The summed E-state index contributed by atoms with van der Waals surface area (Å²) in [6.45, 7) is 4.10. The highest BCUT2D eigenvalue weighted by Crippen LogP contribution is 2.38. The third-order valence-electron chi connectivity index (χ3n) is 3.08. The molecule has 0 amide bonds. The van der Waals surface area contributed by atoms with Gasteiger partial charge in [-0.1, -0.05) is 11.6 Å². The largest absolute Gasteiger partial charge is 0.486 e. The van der Waals surface area contributed by atoms with Crippen LogP contribution in [-0.4, -0.2) is 45.3 Å². The Hall–Kier alpha value is -0.970. The monoisotopic (exact) mass is 284 g/mol. The molecule has 1 heterocycles. The van der Waals surface area contributed by atoms with Gasteiger partial charge in [-0.05, 0) is 51.3 Å². The van der Waals surface area contributed by atoms with Crippen LogP contribution in [0.5, 0.6) is 11.5 Å². The highest BCUT2D eigenvalue weighted by molar-refractivity contribution is 6.32. The molecule has 5 heteroatoms. The van der Waals surface area contributed by atoms with Gasteiger partial charge in [0.15, 0.2) is 11.5 Å². The molecular formula is C14H21ClN2O2. The Kier molecular flexibility index (Phi) is 5.31. The normalized spacial score (nSPS) is 13.9. The zero-order valence-corrected chi connectivity index (χ0v) is 12.3. The molecule has 1 aliphatic rings. The molecule has 0 aliphatic carbocycles. The lowest BCUT2D eigenvalue weighted by atomic mass is 10.1. The number of benzene rings is 1. The quantitative estimate of drug-likeness (QED) is 0.812. The van der Waals surface area contributed by atoms with Crippen LogP contribution in [0.15, 0.2) is 12.1 Å². The van der Waals surface area contributed by atoms with Gasteiger partial charge in [0.25, 0.3) is 0 Å². The van der Waals surface area contributed by atoms with Crippen LogP contribution in [0.25, 0.3) is 0 Å². The first kappa shape index (κ1) is 14.4. The van der Waals surface area contributed by atoms with Crippen molar-refractivity contribution in [1.82, 2.24) is 10.2 Å². The molecule has 1 N–H and O–H groups in total. The van der Waals surface area contributed by atoms with Crippen molar-refractivity contribution >= 4 is 11.6 Å². The van der Waals surface area contributed by atoms with Gasteiger partial charge >= 0.3 is 0 Å². The SMILES string of the molecule is CNCCCN(C)Cc1cc(Cl)c2c(c1)OCCO2. The standard InChI is InChI=1S/C14H21ClN2O2/c1-16-4-3-5-17(2)10-11-8-12(15)14-13(9-11)18-6-7-19-14/h8-9,16H,3-7,10H2,1-2H3. The van der Waals surface area contributed by atoms with E-state index in [9.17, 15) is 0 Å². The molecule has 1 aromatic carbocycles. The number of nitrogens with zero attached hydrogens (tertiary/aromatic N) is 1. The Labute approximate surface area is 119 Å². The van der Waals surface area contributed by atoms with Crippen molar-refractivity contribution in [2.45, 2.75) is 13.0 Å². The first-order chi connectivity index (χ1) is 9.20. The van der Waals surface area contributed by atoms with Crippen molar-refractivity contribution in [3.8, 4) is 11.5 Å². The first-order valence-corrected chi connectivity index (χ1v) is 6.99. The van der Waals surface area contributed by atoms with Gasteiger partial charge in [-0.15, -0.1) is 0 Å². The van der Waals surface area contributed by atoms with Gasteiger partial charge in [0.2, 0.25) is 0 Å². The van der Waals surface area contributed by atoms with Crippen LogP contribution < -0.4 is 14.8 Å². The number of rotatable bonds is 6. The minimum atomic E-state index is 0.565. The second-order valence-corrected chi connectivity index (χ2v) is 5.20. The predicted octanol–water partition coefficient (Wildman–Crippen LogP) is 2.15. The van der Waals surface area contributed by atoms with Crippen LogP contribution in [-0.2, 0) is 6.54 Å². The van der Waals surface area contributed by atoms with Crippen molar-refractivity contribution < 1.29 is 9.47 Å². The van der Waals surface area contributed by atoms with Gasteiger partial charge in [0.05, 0.1) is 5.02 Å². The molecule has 0 saturated carbocycles. The minimum absolute atomic E-state index is 0.565. The van der Waals surface area contributed by atoms with Gasteiger partial charge < -0.3 is 19.7 Å². The Bertz CT molecular complexity index is 426. The number of fused-ring (bicyclic) bond motifs is 1. The van der Waals surface area contributed by atoms with Crippen LogP contribution >= 0.6 is 11.6 Å². The molecule has 0 fully saturated rings. The molecule has 1 aliphatic heterocycles. The zero-order valence-electron chi connectivity index (χ0n) is 11.5. The molecule has 106 valence electrons. The Balaban J connectivity index is 1.98. The Morgan fingerprint density at radius 3 is 2.89 bits per heavy atom. The van der Waals surface area contributed by atoms with Crippen molar-refractivity contribution in [2.75, 3.05) is 40.4 Å². The number of halogens is 1. The minimum Gasteiger partial charge on any atom is -0.486 e. The van der Waals surface area contributed by atoms with Crippen LogP contribution in [0, 0.1) is 0 Å². The van der Waals surface area contributed by atoms with Crippen LogP contribution in [0.2, 0.25) is 5.02 Å². The lowest BCUT2D eigenvalue weighted by molar-refractivity contribution is 0.171. The molecule has 19 heavy (non-hydrogen) atoms. The van der Waals surface area contributed by atoms with E-state index in [-0.39, 0.29) is 0 Å². The van der Waals surface area contributed by atoms with E-state index in [1.165, 1.54) is 0 Å². The van der Waals surface area contributed by atoms with Crippen LogP contribution in [0.3, 0.4) is 0 Å². The molecule has 0 unspecified atom stereocenters.